The van der Waals surface area contributed by atoms with Crippen LogP contribution in [0.25, 0.3) is 0 Å². The summed E-state index contributed by atoms with van der Waals surface area (Å²) in [4.78, 5) is 74.5. The van der Waals surface area contributed by atoms with E-state index >= 15 is 0 Å². The van der Waals surface area contributed by atoms with Crippen LogP contribution in [0.1, 0.15) is 20.8 Å². The van der Waals surface area contributed by atoms with E-state index in [9.17, 15) is 28.8 Å². The number of esters is 3. The first-order chi connectivity index (χ1) is 39.3. The number of amides is 2. The van der Waals surface area contributed by atoms with Gasteiger partial charge in [-0.05, 0) is 5.41 Å². The van der Waals surface area contributed by atoms with Crippen molar-refractivity contribution in [2.75, 3.05) is 257 Å². The van der Waals surface area contributed by atoms with Crippen molar-refractivity contribution >= 4 is 35.7 Å². The van der Waals surface area contributed by atoms with Crippen LogP contribution in [0.4, 0.5) is 0 Å². The van der Waals surface area contributed by atoms with Gasteiger partial charge in [-0.2, -0.15) is 0 Å². The first-order valence-electron chi connectivity index (χ1n) is 27.0. The van der Waals surface area contributed by atoms with Gasteiger partial charge in [0.15, 0.2) is 0 Å². The fraction of sp³-hybridized carbons (Fsp3) is 0.811. The average molecular weight is 1430 g/mol. The molecule has 28 nitrogen and oxygen atoms in total. The molecule has 0 atom stereocenters. The molecule has 484 valence electrons. The van der Waals surface area contributed by atoms with Crippen molar-refractivity contribution in [1.29, 1.82) is 0 Å². The summed E-state index contributed by atoms with van der Waals surface area (Å²) in [6.45, 7) is 19.2. The fourth-order valence-electron chi connectivity index (χ4n) is 5.59. The third-order valence-corrected chi connectivity index (χ3v) is 9.55. The van der Waals surface area contributed by atoms with Gasteiger partial charge in [0, 0.05) is 26.2 Å². The molecule has 82 heavy (non-hydrogen) atoms. The van der Waals surface area contributed by atoms with Crippen molar-refractivity contribution in [2.24, 2.45) is 5.41 Å². The largest absolute Gasteiger partial charge is 0.480 e. The molecule has 0 aromatic heterocycles. The van der Waals surface area contributed by atoms with Crippen molar-refractivity contribution in [1.82, 2.24) is 9.80 Å². The van der Waals surface area contributed by atoms with E-state index in [0.717, 1.165) is 0 Å². The normalized spacial score (nSPS) is 11.2. The Morgan fingerprint density at radius 3 is 0.805 bits per heavy atom. The maximum atomic E-state index is 13.1. The van der Waals surface area contributed by atoms with Crippen LogP contribution in [0.3, 0.4) is 0 Å². The number of ether oxygens (including phenoxy) is 19. The van der Waals surface area contributed by atoms with Gasteiger partial charge in [0.1, 0.15) is 52.9 Å². The van der Waals surface area contributed by atoms with Gasteiger partial charge in [0.2, 0.25) is 11.8 Å². The molecule has 0 radical (unpaired) electrons. The minimum absolute atomic E-state index is 0. The molecule has 0 aromatic carbocycles. The number of carbonyl (C=O) groups excluding carboxylic acids is 5. The third kappa shape index (κ3) is 57.9. The predicted molar refractivity (Wildman–Crippen MR) is 287 cm³/mol. The Hall–Kier alpha value is -5.34. The van der Waals surface area contributed by atoms with E-state index in [1.54, 1.807) is 9.80 Å². The minimum atomic E-state index is -1.06. The summed E-state index contributed by atoms with van der Waals surface area (Å²) in [6, 6.07) is 0. The second kappa shape index (κ2) is 58.8. The van der Waals surface area contributed by atoms with Crippen LogP contribution in [0.2, 0.25) is 0 Å². The zero-order chi connectivity index (χ0) is 59.5. The number of hydrogen-bond donors (Lipinski definition) is 1. The fourth-order valence-corrected chi connectivity index (χ4v) is 5.59. The summed E-state index contributed by atoms with van der Waals surface area (Å²) >= 11 is 0. The Morgan fingerprint density at radius 2 is 0.561 bits per heavy atom. The molecule has 0 rings (SSSR count). The molecule has 0 spiro atoms. The number of nitrogens with zero attached hydrogens (tertiary/aromatic N) is 2. The Labute approximate surface area is 477 Å². The maximum Gasteiger partial charge on any atom is 0.332 e. The first kappa shape index (κ1) is 78.7. The van der Waals surface area contributed by atoms with Crippen LogP contribution in [0, 0.1) is 5.41 Å². The van der Waals surface area contributed by atoms with Crippen molar-refractivity contribution in [3.05, 3.63) is 25.3 Å². The van der Waals surface area contributed by atoms with Crippen LogP contribution in [-0.2, 0) is 119 Å². The number of carbonyl (C=O) groups is 6. The molecule has 0 fully saturated rings. The van der Waals surface area contributed by atoms with Crippen molar-refractivity contribution in [2.45, 2.75) is 20.8 Å². The Morgan fingerprint density at radius 1 is 0.341 bits per heavy atom. The third-order valence-electron chi connectivity index (χ3n) is 9.55. The van der Waals surface area contributed by atoms with Crippen molar-refractivity contribution in [3.8, 4) is 0 Å². The van der Waals surface area contributed by atoms with E-state index < -0.39 is 30.5 Å². The molecule has 0 aliphatic rings. The molecule has 1 N–H and O–H groups in total. The quantitative estimate of drug-likeness (QED) is 0.0364. The standard InChI is InChI=1S/C53H94N2O26.Fm/c1-6-12-79-50(60)43-76-37-31-68-23-19-64-15-9-55(10-16-65-20-24-69-32-38-77-44-51(61)80-13-7-2)48(57)41-74-35-29-72-27-26-71-28-34-73-40-47(56)54(8-14-63-18-22-67-30-36-75-42-49(58)59)11-17-66-21-25-70-33-39-78-45-52(62)81-46-53(3,4)5;/h6-7H,1-2,8-46H2,3-5H3,(H,58,59);. The molecule has 0 saturated heterocycles. The summed E-state index contributed by atoms with van der Waals surface area (Å²) in [5.41, 5.74) is -0.130. The van der Waals surface area contributed by atoms with Gasteiger partial charge >= 0.3 is 23.9 Å². The van der Waals surface area contributed by atoms with Gasteiger partial charge in [-0.15, -0.1) is 0 Å². The number of rotatable bonds is 62. The Balaban J connectivity index is 0. The second-order valence-electron chi connectivity index (χ2n) is 17.8. The smallest absolute Gasteiger partial charge is 0.332 e. The molecular weight excluding hydrogens is 1340 g/mol. The van der Waals surface area contributed by atoms with Crippen LogP contribution in [-0.4, -0.2) is 308 Å². The number of carboxylic acid groups (broad SMARTS) is 1. The van der Waals surface area contributed by atoms with E-state index in [1.807, 2.05) is 20.8 Å². The summed E-state index contributed by atoms with van der Waals surface area (Å²) < 4.78 is 102. The molecule has 0 unspecified atom stereocenters. The van der Waals surface area contributed by atoms with Gasteiger partial charge in [-0.25, -0.2) is 19.2 Å². The second-order valence-corrected chi connectivity index (χ2v) is 17.8. The molecule has 0 aliphatic carbocycles. The van der Waals surface area contributed by atoms with Crippen LogP contribution in [0.15, 0.2) is 25.3 Å². The van der Waals surface area contributed by atoms with E-state index in [1.165, 1.54) is 12.2 Å². The number of aliphatic carboxylic acids is 1. The van der Waals surface area contributed by atoms with Gasteiger partial charge < -0.3 is 105 Å². The topological polar surface area (TPSA) is 304 Å². The van der Waals surface area contributed by atoms with Crippen molar-refractivity contribution < 1.29 is 124 Å². The van der Waals surface area contributed by atoms with Crippen LogP contribution in [0.5, 0.6) is 0 Å². The van der Waals surface area contributed by atoms with E-state index in [-0.39, 0.29) is 261 Å². The van der Waals surface area contributed by atoms with Crippen LogP contribution >= 0.6 is 0 Å². The predicted octanol–water partition coefficient (Wildman–Crippen LogP) is 0.0415. The SMILES string of the molecule is C=CCOC(=O)COCCOCCOCCN(CCOCCOCCOCC(=O)OCC=C)C(=O)COCCOCCOCCOCC(=O)N(CCOCCOCCOCC(=O)O)CCOCCOCCOCC(=O)OCC(C)(C)C.[Fm]. The summed E-state index contributed by atoms with van der Waals surface area (Å²) in [7, 11) is 0. The van der Waals surface area contributed by atoms with E-state index in [4.69, 9.17) is 95.1 Å². The molecule has 0 heterocycles. The Kier molecular flexibility index (Phi) is 56.5. The minimum Gasteiger partial charge on any atom is -0.480 e. The van der Waals surface area contributed by atoms with Crippen molar-refractivity contribution in [3.63, 3.8) is 0 Å². The zero-order valence-electron chi connectivity index (χ0n) is 48.5. The van der Waals surface area contributed by atoms with Crippen LogP contribution < -0.4 is 0 Å². The molecule has 2 amide bonds. The number of hydrogen-bond acceptors (Lipinski definition) is 25. The molecule has 0 aromatic rings. The molecular formula is C53H94FmN2O26. The van der Waals surface area contributed by atoms with Gasteiger partial charge in [-0.1, -0.05) is 46.1 Å². The van der Waals surface area contributed by atoms with Gasteiger partial charge in [0.05, 0.1) is 178 Å². The monoisotopic (exact) mass is 1430 g/mol. The maximum absolute atomic E-state index is 13.1. The Bertz CT molecular complexity index is 1540. The zero-order valence-corrected chi connectivity index (χ0v) is 50.9. The summed E-state index contributed by atoms with van der Waals surface area (Å²) in [5.74, 6) is -3.03. The number of carboxylic acids is 1. The molecule has 0 aliphatic heterocycles. The average Bonchev–Trinajstić information content (AvgIpc) is 3.44. The molecule has 0 bridgehead atoms. The molecule has 29 heteroatoms. The first-order valence-corrected chi connectivity index (χ1v) is 27.0. The van der Waals surface area contributed by atoms with E-state index in [2.05, 4.69) is 13.2 Å². The summed E-state index contributed by atoms with van der Waals surface area (Å²) in [5, 5.41) is 8.63. The van der Waals surface area contributed by atoms with Gasteiger partial charge in [-0.3, -0.25) is 9.59 Å². The van der Waals surface area contributed by atoms with E-state index in [0.29, 0.717) is 6.61 Å². The van der Waals surface area contributed by atoms with Gasteiger partial charge in [0.25, 0.3) is 0 Å². The summed E-state index contributed by atoms with van der Waals surface area (Å²) in [6.07, 6.45) is 2.93. The molecule has 0 saturated carbocycles.